The van der Waals surface area contributed by atoms with Crippen LogP contribution in [0.15, 0.2) is 54.6 Å². The van der Waals surface area contributed by atoms with Crippen molar-refractivity contribution in [2.24, 2.45) is 11.8 Å². The van der Waals surface area contributed by atoms with Gasteiger partial charge in [-0.25, -0.2) is 0 Å². The number of rotatable bonds is 8. The van der Waals surface area contributed by atoms with Gasteiger partial charge in [0, 0.05) is 13.1 Å². The molecule has 2 heteroatoms. The molecule has 0 aliphatic heterocycles. The highest BCUT2D eigenvalue weighted by Gasteiger charge is 2.09. The summed E-state index contributed by atoms with van der Waals surface area (Å²) < 4.78 is 5.84. The van der Waals surface area contributed by atoms with Crippen LogP contribution in [0.2, 0.25) is 0 Å². The van der Waals surface area contributed by atoms with Gasteiger partial charge in [0.15, 0.2) is 0 Å². The summed E-state index contributed by atoms with van der Waals surface area (Å²) in [5, 5.41) is 0. The number of benzene rings is 2. The molecule has 0 aliphatic carbocycles. The van der Waals surface area contributed by atoms with Gasteiger partial charge in [-0.05, 0) is 55.1 Å². The van der Waals surface area contributed by atoms with Crippen molar-refractivity contribution in [1.29, 1.82) is 0 Å². The maximum atomic E-state index is 5.84. The number of hydrogen-bond acceptors (Lipinski definition) is 2. The topological polar surface area (TPSA) is 12.5 Å². The number of para-hydroxylation sites is 1. The Morgan fingerprint density at radius 1 is 0.826 bits per heavy atom. The Morgan fingerprint density at radius 3 is 2.04 bits per heavy atom. The molecule has 1 unspecified atom stereocenters. The van der Waals surface area contributed by atoms with Gasteiger partial charge in [-0.3, -0.25) is 0 Å². The molecule has 0 radical (unpaired) electrons. The van der Waals surface area contributed by atoms with E-state index in [1.54, 1.807) is 0 Å². The third kappa shape index (κ3) is 6.45. The Kier molecular flexibility index (Phi) is 6.66. The molecule has 0 aromatic heterocycles. The zero-order valence-electron chi connectivity index (χ0n) is 14.8. The van der Waals surface area contributed by atoms with Gasteiger partial charge >= 0.3 is 0 Å². The van der Waals surface area contributed by atoms with Gasteiger partial charge in [0.25, 0.3) is 0 Å². The van der Waals surface area contributed by atoms with E-state index in [4.69, 9.17) is 4.74 Å². The smallest absolute Gasteiger partial charge is 0.127 e. The maximum absolute atomic E-state index is 5.84. The summed E-state index contributed by atoms with van der Waals surface area (Å²) in [6.07, 6.45) is 1.11. The Morgan fingerprint density at radius 2 is 1.43 bits per heavy atom. The van der Waals surface area contributed by atoms with Crippen LogP contribution in [0, 0.1) is 11.8 Å². The van der Waals surface area contributed by atoms with E-state index in [1.807, 2.05) is 30.3 Å². The average molecular weight is 311 g/mol. The number of nitrogens with zero attached hydrogens (tertiary/aromatic N) is 1. The summed E-state index contributed by atoms with van der Waals surface area (Å²) in [5.74, 6) is 3.15. The largest absolute Gasteiger partial charge is 0.457 e. The van der Waals surface area contributed by atoms with Gasteiger partial charge in [0.05, 0.1) is 0 Å². The highest BCUT2D eigenvalue weighted by atomic mass is 16.5. The van der Waals surface area contributed by atoms with E-state index in [-0.39, 0.29) is 0 Å². The van der Waals surface area contributed by atoms with Crippen LogP contribution in [-0.4, -0.2) is 25.0 Å². The second kappa shape index (κ2) is 8.73. The first-order chi connectivity index (χ1) is 11.0. The van der Waals surface area contributed by atoms with Crippen LogP contribution in [0.25, 0.3) is 0 Å². The van der Waals surface area contributed by atoms with E-state index in [2.05, 4.69) is 57.0 Å². The van der Waals surface area contributed by atoms with E-state index in [1.165, 1.54) is 5.56 Å². The molecule has 0 spiro atoms. The van der Waals surface area contributed by atoms with Crippen LogP contribution in [0.4, 0.5) is 0 Å². The molecule has 23 heavy (non-hydrogen) atoms. The SMILES string of the molecule is CC(C)CN(C)CC(C)Cc1ccc(Oc2ccccc2)cc1. The average Bonchev–Trinajstić information content (AvgIpc) is 2.49. The van der Waals surface area contributed by atoms with Crippen LogP contribution >= 0.6 is 0 Å². The Balaban J connectivity index is 1.85. The van der Waals surface area contributed by atoms with E-state index < -0.39 is 0 Å². The summed E-state index contributed by atoms with van der Waals surface area (Å²) in [7, 11) is 2.22. The summed E-state index contributed by atoms with van der Waals surface area (Å²) in [4.78, 5) is 2.43. The normalized spacial score (nSPS) is 12.6. The van der Waals surface area contributed by atoms with Crippen molar-refractivity contribution < 1.29 is 4.74 Å². The van der Waals surface area contributed by atoms with Crippen molar-refractivity contribution in [3.05, 3.63) is 60.2 Å². The summed E-state index contributed by atoms with van der Waals surface area (Å²) >= 11 is 0. The molecular formula is C21H29NO. The molecule has 2 aromatic carbocycles. The lowest BCUT2D eigenvalue weighted by Crippen LogP contribution is -2.28. The third-order valence-electron chi connectivity index (χ3n) is 3.79. The Hall–Kier alpha value is -1.80. The summed E-state index contributed by atoms with van der Waals surface area (Å²) in [6.45, 7) is 9.17. The fourth-order valence-electron chi connectivity index (χ4n) is 3.02. The van der Waals surface area contributed by atoms with Gasteiger partial charge in [-0.2, -0.15) is 0 Å². The van der Waals surface area contributed by atoms with Crippen molar-refractivity contribution in [2.45, 2.75) is 27.2 Å². The minimum absolute atomic E-state index is 0.652. The summed E-state index contributed by atoms with van der Waals surface area (Å²) in [5.41, 5.74) is 1.37. The minimum Gasteiger partial charge on any atom is -0.457 e. The first-order valence-electron chi connectivity index (χ1n) is 8.53. The standard InChI is InChI=1S/C21H29NO/c1-17(2)15-22(4)16-18(3)14-19-10-12-21(13-11-19)23-20-8-6-5-7-9-20/h5-13,17-18H,14-16H2,1-4H3. The van der Waals surface area contributed by atoms with E-state index in [0.717, 1.165) is 36.9 Å². The highest BCUT2D eigenvalue weighted by Crippen LogP contribution is 2.22. The second-order valence-electron chi connectivity index (χ2n) is 6.98. The molecule has 2 rings (SSSR count). The molecule has 0 saturated carbocycles. The molecule has 0 N–H and O–H groups in total. The Bertz CT molecular complexity index is 562. The monoisotopic (exact) mass is 311 g/mol. The second-order valence-corrected chi connectivity index (χ2v) is 6.98. The van der Waals surface area contributed by atoms with Gasteiger partial charge < -0.3 is 9.64 Å². The first kappa shape index (κ1) is 17.6. The van der Waals surface area contributed by atoms with Gasteiger partial charge in [0.1, 0.15) is 11.5 Å². The number of hydrogen-bond donors (Lipinski definition) is 0. The lowest BCUT2D eigenvalue weighted by Gasteiger charge is -2.23. The van der Waals surface area contributed by atoms with Gasteiger partial charge in [0.2, 0.25) is 0 Å². The highest BCUT2D eigenvalue weighted by molar-refractivity contribution is 5.33. The molecule has 0 saturated heterocycles. The van der Waals surface area contributed by atoms with Crippen molar-refractivity contribution >= 4 is 0 Å². The van der Waals surface area contributed by atoms with Crippen molar-refractivity contribution in [3.8, 4) is 11.5 Å². The van der Waals surface area contributed by atoms with Crippen LogP contribution in [0.3, 0.4) is 0 Å². The molecule has 2 nitrogen and oxygen atoms in total. The molecule has 1 atom stereocenters. The van der Waals surface area contributed by atoms with Crippen molar-refractivity contribution in [1.82, 2.24) is 4.90 Å². The van der Waals surface area contributed by atoms with Crippen LogP contribution in [-0.2, 0) is 6.42 Å². The van der Waals surface area contributed by atoms with Crippen LogP contribution < -0.4 is 4.74 Å². The van der Waals surface area contributed by atoms with Crippen LogP contribution in [0.5, 0.6) is 11.5 Å². The molecule has 2 aromatic rings. The fourth-order valence-corrected chi connectivity index (χ4v) is 3.02. The molecule has 0 fully saturated rings. The molecular weight excluding hydrogens is 282 g/mol. The van der Waals surface area contributed by atoms with E-state index in [0.29, 0.717) is 5.92 Å². The van der Waals surface area contributed by atoms with Gasteiger partial charge in [-0.1, -0.05) is 51.1 Å². The van der Waals surface area contributed by atoms with Crippen molar-refractivity contribution in [2.75, 3.05) is 20.1 Å². The lowest BCUT2D eigenvalue weighted by molar-refractivity contribution is 0.257. The quantitative estimate of drug-likeness (QED) is 0.660. The molecule has 0 heterocycles. The van der Waals surface area contributed by atoms with Gasteiger partial charge in [-0.15, -0.1) is 0 Å². The van der Waals surface area contributed by atoms with Crippen molar-refractivity contribution in [3.63, 3.8) is 0 Å². The fraction of sp³-hybridized carbons (Fsp3) is 0.429. The predicted octanol–water partition coefficient (Wildman–Crippen LogP) is 5.25. The zero-order chi connectivity index (χ0) is 16.7. The Labute approximate surface area is 141 Å². The van der Waals surface area contributed by atoms with E-state index >= 15 is 0 Å². The molecule has 0 amide bonds. The lowest BCUT2D eigenvalue weighted by atomic mass is 10.0. The molecule has 0 bridgehead atoms. The third-order valence-corrected chi connectivity index (χ3v) is 3.79. The molecule has 124 valence electrons. The number of ether oxygens (including phenoxy) is 1. The van der Waals surface area contributed by atoms with E-state index in [9.17, 15) is 0 Å². The predicted molar refractivity (Wildman–Crippen MR) is 98.2 cm³/mol. The first-order valence-corrected chi connectivity index (χ1v) is 8.53. The molecule has 0 aliphatic rings. The summed E-state index contributed by atoms with van der Waals surface area (Å²) in [6, 6.07) is 18.4. The zero-order valence-corrected chi connectivity index (χ0v) is 14.8. The van der Waals surface area contributed by atoms with Crippen LogP contribution in [0.1, 0.15) is 26.3 Å². The maximum Gasteiger partial charge on any atom is 0.127 e. The minimum atomic E-state index is 0.652.